The van der Waals surface area contributed by atoms with E-state index in [-0.39, 0.29) is 12.3 Å². The van der Waals surface area contributed by atoms with E-state index < -0.39 is 0 Å². The molecule has 1 heterocycles. The first-order valence-electron chi connectivity index (χ1n) is 18.5. The zero-order valence-electron chi connectivity index (χ0n) is 29.8. The van der Waals surface area contributed by atoms with Crippen LogP contribution in [0.4, 0.5) is 0 Å². The van der Waals surface area contributed by atoms with Crippen molar-refractivity contribution >= 4 is 5.84 Å². The Balaban J connectivity index is 1.19. The third kappa shape index (κ3) is 6.89. The van der Waals surface area contributed by atoms with Crippen molar-refractivity contribution in [3.05, 3.63) is 229 Å². The number of hydrogen-bond acceptors (Lipinski definition) is 3. The van der Waals surface area contributed by atoms with Crippen molar-refractivity contribution < 1.29 is 0 Å². The normalized spacial score (nSPS) is 15.2. The molecule has 8 aromatic carbocycles. The highest BCUT2D eigenvalue weighted by Crippen LogP contribution is 2.39. The van der Waals surface area contributed by atoms with Crippen LogP contribution >= 0.6 is 0 Å². The Labute approximate surface area is 317 Å². The molecule has 0 fully saturated rings. The fourth-order valence-electron chi connectivity index (χ4n) is 7.48. The van der Waals surface area contributed by atoms with Gasteiger partial charge in [0, 0.05) is 5.56 Å². The van der Waals surface area contributed by atoms with Gasteiger partial charge in [0.2, 0.25) is 0 Å². The molecule has 3 heteroatoms. The number of amidine groups is 1. The van der Waals surface area contributed by atoms with E-state index in [0.717, 1.165) is 44.8 Å². The Morgan fingerprint density at radius 2 is 0.796 bits per heavy atom. The monoisotopic (exact) mass is 693 g/mol. The minimum absolute atomic E-state index is 0.240. The average Bonchev–Trinajstić information content (AvgIpc) is 3.27. The molecule has 0 bridgehead atoms. The van der Waals surface area contributed by atoms with Crippen LogP contribution in [-0.2, 0) is 0 Å². The summed E-state index contributed by atoms with van der Waals surface area (Å²) in [5, 5.41) is 7.79. The molecule has 9 rings (SSSR count). The zero-order chi connectivity index (χ0) is 36.1. The quantitative estimate of drug-likeness (QED) is 0.166. The fourth-order valence-corrected chi connectivity index (χ4v) is 7.48. The van der Waals surface area contributed by atoms with Crippen molar-refractivity contribution in [2.75, 3.05) is 0 Å². The molecule has 0 saturated carbocycles. The SMILES string of the molecule is c1ccc(-c2ccc(-c3cc(C4=NC(c5ccccc5)NC(c5cccc(-c6ccccc6)c5-c5ccccc5)N4)cc(-c4ccccc4)c3)cc2)cc1. The third-order valence-corrected chi connectivity index (χ3v) is 10.2. The minimum Gasteiger partial charge on any atom is -0.350 e. The lowest BCUT2D eigenvalue weighted by atomic mass is 9.88. The van der Waals surface area contributed by atoms with Gasteiger partial charge in [0.05, 0.1) is 0 Å². The fraction of sp³-hybridized carbons (Fsp3) is 0.0392. The van der Waals surface area contributed by atoms with Gasteiger partial charge in [-0.05, 0) is 85.0 Å². The smallest absolute Gasteiger partial charge is 0.131 e. The maximum atomic E-state index is 5.40. The van der Waals surface area contributed by atoms with E-state index in [1.54, 1.807) is 0 Å². The van der Waals surface area contributed by atoms with Crippen LogP contribution in [0.25, 0.3) is 55.6 Å². The van der Waals surface area contributed by atoms with Crippen LogP contribution in [0.15, 0.2) is 217 Å². The third-order valence-electron chi connectivity index (χ3n) is 10.2. The van der Waals surface area contributed by atoms with E-state index in [0.29, 0.717) is 0 Å². The van der Waals surface area contributed by atoms with Crippen molar-refractivity contribution in [3.63, 3.8) is 0 Å². The highest BCUT2D eigenvalue weighted by molar-refractivity contribution is 6.02. The summed E-state index contributed by atoms with van der Waals surface area (Å²) >= 11 is 0. The Hall–Kier alpha value is -6.81. The number of nitrogens with one attached hydrogen (secondary N) is 2. The van der Waals surface area contributed by atoms with Crippen molar-refractivity contribution in [1.82, 2.24) is 10.6 Å². The number of nitrogens with zero attached hydrogens (tertiary/aromatic N) is 1. The van der Waals surface area contributed by atoms with Gasteiger partial charge in [-0.1, -0.05) is 194 Å². The van der Waals surface area contributed by atoms with Crippen molar-refractivity contribution in [3.8, 4) is 55.6 Å². The molecule has 2 unspecified atom stereocenters. The van der Waals surface area contributed by atoms with Crippen molar-refractivity contribution in [2.24, 2.45) is 4.99 Å². The number of benzene rings is 8. The Morgan fingerprint density at radius 3 is 1.37 bits per heavy atom. The first-order valence-corrected chi connectivity index (χ1v) is 18.5. The van der Waals surface area contributed by atoms with Crippen LogP contribution in [0.2, 0.25) is 0 Å². The molecule has 8 aromatic rings. The van der Waals surface area contributed by atoms with Gasteiger partial charge in [-0.15, -0.1) is 0 Å². The Kier molecular flexibility index (Phi) is 9.21. The highest BCUT2D eigenvalue weighted by Gasteiger charge is 2.29. The van der Waals surface area contributed by atoms with E-state index in [4.69, 9.17) is 4.99 Å². The van der Waals surface area contributed by atoms with Crippen LogP contribution < -0.4 is 10.6 Å². The van der Waals surface area contributed by atoms with Crippen LogP contribution in [0.3, 0.4) is 0 Å². The molecule has 0 spiro atoms. The summed E-state index contributed by atoms with van der Waals surface area (Å²) in [5.74, 6) is 0.844. The summed E-state index contributed by atoms with van der Waals surface area (Å²) in [5.41, 5.74) is 15.0. The minimum atomic E-state index is -0.273. The van der Waals surface area contributed by atoms with Gasteiger partial charge >= 0.3 is 0 Å². The second-order valence-corrected chi connectivity index (χ2v) is 13.6. The molecule has 1 aliphatic rings. The number of hydrogen-bond donors (Lipinski definition) is 2. The Morgan fingerprint density at radius 1 is 0.352 bits per heavy atom. The van der Waals surface area contributed by atoms with E-state index in [9.17, 15) is 0 Å². The van der Waals surface area contributed by atoms with Crippen molar-refractivity contribution in [1.29, 1.82) is 0 Å². The van der Waals surface area contributed by atoms with E-state index >= 15 is 0 Å². The first-order chi connectivity index (χ1) is 26.8. The second-order valence-electron chi connectivity index (χ2n) is 13.6. The van der Waals surface area contributed by atoms with Gasteiger partial charge in [-0.25, -0.2) is 4.99 Å². The molecule has 0 radical (unpaired) electrons. The first kappa shape index (κ1) is 33.1. The lowest BCUT2D eigenvalue weighted by Crippen LogP contribution is -2.45. The van der Waals surface area contributed by atoms with Gasteiger partial charge in [0.25, 0.3) is 0 Å². The topological polar surface area (TPSA) is 36.4 Å². The molecular formula is C51H39N3. The average molecular weight is 694 g/mol. The molecule has 0 saturated heterocycles. The van der Waals surface area contributed by atoms with E-state index in [2.05, 4.69) is 223 Å². The Bertz CT molecular complexity index is 2510. The van der Waals surface area contributed by atoms with E-state index in [1.165, 1.54) is 33.4 Å². The van der Waals surface area contributed by atoms with Gasteiger partial charge in [0.15, 0.2) is 0 Å². The van der Waals surface area contributed by atoms with Crippen LogP contribution in [0.1, 0.15) is 29.0 Å². The standard InChI is InChI=1S/C51H39N3/c1-6-17-36(18-7-1)38-29-31-39(32-30-38)44-33-43(37-19-8-2-9-20-37)34-45(35-44)50-52-49(42-25-14-5-15-26-42)53-51(54-50)47-28-16-27-46(40-21-10-3-11-22-40)48(47)41-23-12-4-13-24-41/h1-35,49,51,53H,(H,52,54). The molecule has 258 valence electrons. The summed E-state index contributed by atoms with van der Waals surface area (Å²) in [6.45, 7) is 0. The van der Waals surface area contributed by atoms with Crippen LogP contribution in [0.5, 0.6) is 0 Å². The predicted octanol–water partition coefficient (Wildman–Crippen LogP) is 12.4. The summed E-state index contributed by atoms with van der Waals surface area (Å²) in [6, 6.07) is 75.4. The summed E-state index contributed by atoms with van der Waals surface area (Å²) in [6.07, 6.45) is -0.513. The molecule has 0 amide bonds. The maximum absolute atomic E-state index is 5.40. The molecule has 0 aliphatic carbocycles. The van der Waals surface area contributed by atoms with Gasteiger partial charge in [0.1, 0.15) is 18.2 Å². The summed E-state index contributed by atoms with van der Waals surface area (Å²) in [4.78, 5) is 5.40. The summed E-state index contributed by atoms with van der Waals surface area (Å²) < 4.78 is 0. The maximum Gasteiger partial charge on any atom is 0.131 e. The van der Waals surface area contributed by atoms with Crippen molar-refractivity contribution in [2.45, 2.75) is 12.3 Å². The van der Waals surface area contributed by atoms with Gasteiger partial charge in [-0.3, -0.25) is 5.32 Å². The van der Waals surface area contributed by atoms with Crippen LogP contribution in [0, 0.1) is 0 Å². The number of rotatable bonds is 8. The molecule has 2 atom stereocenters. The summed E-state index contributed by atoms with van der Waals surface area (Å²) in [7, 11) is 0. The molecule has 2 N–H and O–H groups in total. The molecule has 54 heavy (non-hydrogen) atoms. The number of aliphatic imine (C=N–C) groups is 1. The van der Waals surface area contributed by atoms with Gasteiger partial charge in [-0.2, -0.15) is 0 Å². The lowest BCUT2D eigenvalue weighted by Gasteiger charge is -2.34. The molecule has 3 nitrogen and oxygen atoms in total. The molecular weight excluding hydrogens is 655 g/mol. The molecule has 0 aromatic heterocycles. The largest absolute Gasteiger partial charge is 0.350 e. The molecule has 1 aliphatic heterocycles. The van der Waals surface area contributed by atoms with E-state index in [1.807, 2.05) is 0 Å². The second kappa shape index (κ2) is 15.0. The lowest BCUT2D eigenvalue weighted by molar-refractivity contribution is 0.409. The highest BCUT2D eigenvalue weighted by atomic mass is 15.3. The van der Waals surface area contributed by atoms with Gasteiger partial charge < -0.3 is 5.32 Å². The zero-order valence-corrected chi connectivity index (χ0v) is 29.8. The van der Waals surface area contributed by atoms with Crippen LogP contribution in [-0.4, -0.2) is 5.84 Å². The predicted molar refractivity (Wildman–Crippen MR) is 225 cm³/mol.